The van der Waals surface area contributed by atoms with Crippen molar-refractivity contribution in [3.63, 3.8) is 0 Å². The Bertz CT molecular complexity index is 554. The number of likely N-dealkylation sites (N-methyl/N-ethyl adjacent to an activating group) is 1. The molecule has 4 nitrogen and oxygen atoms in total. The van der Waals surface area contributed by atoms with Crippen molar-refractivity contribution in [2.75, 3.05) is 34.4 Å². The largest absolute Gasteiger partial charge is 0.383 e. The molecule has 1 saturated carbocycles. The molecule has 0 radical (unpaired) electrons. The number of carbonyl (C=O) groups excluding carboxylic acids is 1. The van der Waals surface area contributed by atoms with Crippen LogP contribution in [0.2, 0.25) is 0 Å². The smallest absolute Gasteiger partial charge is 0.218 e. The predicted molar refractivity (Wildman–Crippen MR) is 94.1 cm³/mol. The first-order valence-corrected chi connectivity index (χ1v) is 8.81. The zero-order valence-electron chi connectivity index (χ0n) is 15.7. The molecule has 0 unspecified atom stereocenters. The molecule has 130 valence electrons. The van der Waals surface area contributed by atoms with Crippen LogP contribution in [-0.2, 0) is 4.74 Å². The predicted octanol–water partition coefficient (Wildman–Crippen LogP) is 3.51. The third-order valence-electron chi connectivity index (χ3n) is 5.50. The first kappa shape index (κ1) is 18.2. The van der Waals surface area contributed by atoms with Crippen LogP contribution < -0.4 is 0 Å². The van der Waals surface area contributed by atoms with Crippen molar-refractivity contribution in [3.05, 3.63) is 23.0 Å². The van der Waals surface area contributed by atoms with Gasteiger partial charge in [0.1, 0.15) is 6.54 Å². The molecule has 1 aromatic heterocycles. The number of carbonyl (C=O) groups is 1. The fourth-order valence-corrected chi connectivity index (χ4v) is 4.24. The Labute approximate surface area is 141 Å². The first-order valence-electron chi connectivity index (χ1n) is 8.81. The van der Waals surface area contributed by atoms with Crippen LogP contribution in [0, 0.1) is 13.8 Å². The van der Waals surface area contributed by atoms with E-state index >= 15 is 0 Å². The lowest BCUT2D eigenvalue weighted by molar-refractivity contribution is -0.906. The zero-order chi connectivity index (χ0) is 17.2. The van der Waals surface area contributed by atoms with Crippen LogP contribution in [0.15, 0.2) is 6.07 Å². The third-order valence-corrected chi connectivity index (χ3v) is 5.50. The van der Waals surface area contributed by atoms with Crippen LogP contribution in [0.5, 0.6) is 0 Å². The fourth-order valence-electron chi connectivity index (χ4n) is 4.24. The van der Waals surface area contributed by atoms with Crippen LogP contribution in [0.3, 0.4) is 0 Å². The van der Waals surface area contributed by atoms with Gasteiger partial charge >= 0.3 is 0 Å². The molecule has 1 aliphatic rings. The summed E-state index contributed by atoms with van der Waals surface area (Å²) in [6.07, 6.45) is 5.13. The van der Waals surface area contributed by atoms with Gasteiger partial charge in [0, 0.05) is 24.1 Å². The number of methoxy groups -OCH3 is 1. The van der Waals surface area contributed by atoms with Crippen molar-refractivity contribution in [2.45, 2.75) is 58.5 Å². The molecule has 1 aromatic rings. The van der Waals surface area contributed by atoms with Crippen LogP contribution in [-0.4, -0.2) is 55.2 Å². The van der Waals surface area contributed by atoms with Crippen LogP contribution in [0.1, 0.15) is 60.4 Å². The Morgan fingerprint density at radius 2 is 1.96 bits per heavy atom. The van der Waals surface area contributed by atoms with Gasteiger partial charge in [-0.15, -0.1) is 0 Å². The van der Waals surface area contributed by atoms with Gasteiger partial charge in [0.15, 0.2) is 0 Å². The van der Waals surface area contributed by atoms with Gasteiger partial charge in [0.25, 0.3) is 0 Å². The van der Waals surface area contributed by atoms with Crippen molar-refractivity contribution < 1.29 is 14.0 Å². The topological polar surface area (TPSA) is 31.2 Å². The minimum atomic E-state index is 0.249. The lowest BCUT2D eigenvalue weighted by Gasteiger charge is -2.35. The highest BCUT2D eigenvalue weighted by Gasteiger charge is 2.34. The van der Waals surface area contributed by atoms with Crippen molar-refractivity contribution in [2.24, 2.45) is 0 Å². The maximum absolute atomic E-state index is 12.9. The van der Waals surface area contributed by atoms with Crippen LogP contribution in [0.4, 0.5) is 0 Å². The van der Waals surface area contributed by atoms with Crippen molar-refractivity contribution in [3.8, 4) is 0 Å². The Hall–Kier alpha value is -1.13. The van der Waals surface area contributed by atoms with Crippen molar-refractivity contribution >= 4 is 5.78 Å². The molecule has 1 atom stereocenters. The highest BCUT2D eigenvalue weighted by Crippen LogP contribution is 2.28. The van der Waals surface area contributed by atoms with E-state index in [1.807, 2.05) is 0 Å². The van der Waals surface area contributed by atoms with E-state index in [4.69, 9.17) is 4.74 Å². The molecule has 0 bridgehead atoms. The molecule has 0 aromatic carbocycles. The maximum atomic E-state index is 12.9. The Morgan fingerprint density at radius 3 is 2.52 bits per heavy atom. The second-order valence-corrected chi connectivity index (χ2v) is 7.76. The molecule has 0 saturated heterocycles. The summed E-state index contributed by atoms with van der Waals surface area (Å²) >= 11 is 0. The standard InChI is InChI=1S/C19H33N2O2/c1-14-11-18(16(3)20(14)15(2)13-23-6)19(22)12-21(4,5)17-9-7-8-10-17/h11,15,17H,7-10,12-13H2,1-6H3/q+1/t15-/m1/s1. The van der Waals surface area contributed by atoms with E-state index in [-0.39, 0.29) is 11.8 Å². The number of Topliss-reactive ketones (excluding diaryl/α,β-unsaturated/α-hetero) is 1. The summed E-state index contributed by atoms with van der Waals surface area (Å²) in [7, 11) is 6.14. The number of aryl methyl sites for hydroxylation is 1. The molecule has 23 heavy (non-hydrogen) atoms. The molecule has 4 heteroatoms. The van der Waals surface area contributed by atoms with Gasteiger partial charge in [-0.1, -0.05) is 0 Å². The van der Waals surface area contributed by atoms with Crippen molar-refractivity contribution in [1.82, 2.24) is 4.57 Å². The number of ether oxygens (including phenoxy) is 1. The Morgan fingerprint density at radius 1 is 1.35 bits per heavy atom. The van der Waals surface area contributed by atoms with Crippen LogP contribution >= 0.6 is 0 Å². The van der Waals surface area contributed by atoms with Gasteiger partial charge in [0.2, 0.25) is 5.78 Å². The minimum absolute atomic E-state index is 0.249. The van der Waals surface area contributed by atoms with Gasteiger partial charge in [-0.25, -0.2) is 0 Å². The molecule has 0 aliphatic heterocycles. The second kappa shape index (κ2) is 7.18. The van der Waals surface area contributed by atoms with E-state index in [9.17, 15) is 4.79 Å². The summed E-state index contributed by atoms with van der Waals surface area (Å²) in [6.45, 7) is 7.52. The van der Waals surface area contributed by atoms with E-state index in [1.54, 1.807) is 7.11 Å². The zero-order valence-corrected chi connectivity index (χ0v) is 15.7. The monoisotopic (exact) mass is 321 g/mol. The molecule has 0 N–H and O–H groups in total. The van der Waals surface area contributed by atoms with Gasteiger partial charge < -0.3 is 13.8 Å². The van der Waals surface area contributed by atoms with E-state index in [2.05, 4.69) is 45.5 Å². The summed E-state index contributed by atoms with van der Waals surface area (Å²) in [5.74, 6) is 0.269. The number of aromatic nitrogens is 1. The molecule has 1 fully saturated rings. The highest BCUT2D eigenvalue weighted by molar-refractivity contribution is 5.98. The van der Waals surface area contributed by atoms with Crippen molar-refractivity contribution in [1.29, 1.82) is 0 Å². The second-order valence-electron chi connectivity index (χ2n) is 7.76. The third kappa shape index (κ3) is 3.86. The summed E-state index contributed by atoms with van der Waals surface area (Å²) in [4.78, 5) is 12.9. The summed E-state index contributed by atoms with van der Waals surface area (Å²) in [5.41, 5.74) is 3.10. The first-order chi connectivity index (χ1) is 10.8. The average Bonchev–Trinajstić information content (AvgIpc) is 3.07. The van der Waals surface area contributed by atoms with E-state index in [1.165, 1.54) is 25.7 Å². The molecule has 0 amide bonds. The highest BCUT2D eigenvalue weighted by atomic mass is 16.5. The Balaban J connectivity index is 2.18. The summed E-state index contributed by atoms with van der Waals surface area (Å²) < 4.78 is 8.32. The number of quaternary nitrogens is 1. The van der Waals surface area contributed by atoms with E-state index in [0.717, 1.165) is 21.4 Å². The van der Waals surface area contributed by atoms with Crippen LogP contribution in [0.25, 0.3) is 0 Å². The molecule has 1 aliphatic carbocycles. The molecule has 2 rings (SSSR count). The van der Waals surface area contributed by atoms with E-state index in [0.29, 0.717) is 19.2 Å². The molecule has 0 spiro atoms. The number of nitrogens with zero attached hydrogens (tertiary/aromatic N) is 2. The lowest BCUT2D eigenvalue weighted by atomic mass is 10.1. The van der Waals surface area contributed by atoms with Gasteiger partial charge in [-0.2, -0.15) is 0 Å². The molecular weight excluding hydrogens is 288 g/mol. The van der Waals surface area contributed by atoms with Gasteiger partial charge in [-0.05, 0) is 52.5 Å². The lowest BCUT2D eigenvalue weighted by Crippen LogP contribution is -2.50. The van der Waals surface area contributed by atoms with Gasteiger partial charge in [-0.3, -0.25) is 4.79 Å². The minimum Gasteiger partial charge on any atom is -0.383 e. The van der Waals surface area contributed by atoms with Gasteiger partial charge in [0.05, 0.1) is 32.8 Å². The normalized spacial score (nSPS) is 17.7. The SMILES string of the molecule is COC[C@@H](C)n1c(C)cc(C(=O)C[N+](C)(C)C2CCCC2)c1C. The number of hydrogen-bond donors (Lipinski definition) is 0. The number of ketones is 1. The summed E-state index contributed by atoms with van der Waals surface area (Å²) in [6, 6.07) is 2.94. The fraction of sp³-hybridized carbons (Fsp3) is 0.737. The van der Waals surface area contributed by atoms with E-state index < -0.39 is 0 Å². The summed E-state index contributed by atoms with van der Waals surface area (Å²) in [5, 5.41) is 0. The quantitative estimate of drug-likeness (QED) is 0.568. The molecule has 1 heterocycles. The maximum Gasteiger partial charge on any atom is 0.218 e. The average molecular weight is 321 g/mol. The Kier molecular flexibility index (Phi) is 5.69. The number of rotatable bonds is 7. The number of hydrogen-bond acceptors (Lipinski definition) is 2. The molecular formula is C19H33N2O2+.